The van der Waals surface area contributed by atoms with Crippen molar-refractivity contribution in [1.82, 2.24) is 9.38 Å². The van der Waals surface area contributed by atoms with Gasteiger partial charge in [-0.2, -0.15) is 0 Å². The van der Waals surface area contributed by atoms with Gasteiger partial charge in [0.2, 0.25) is 0 Å². The van der Waals surface area contributed by atoms with E-state index < -0.39 is 0 Å². The summed E-state index contributed by atoms with van der Waals surface area (Å²) in [6, 6.07) is 18.1. The van der Waals surface area contributed by atoms with E-state index in [1.807, 2.05) is 43.3 Å². The fourth-order valence-corrected chi connectivity index (χ4v) is 3.33. The van der Waals surface area contributed by atoms with E-state index in [-0.39, 0.29) is 0 Å². The number of aryl methyl sites for hydroxylation is 2. The van der Waals surface area contributed by atoms with Crippen LogP contribution in [0.25, 0.3) is 16.9 Å². The van der Waals surface area contributed by atoms with Gasteiger partial charge in [-0.25, -0.2) is 4.98 Å². The number of hydrogen-bond donors (Lipinski definition) is 1. The first-order valence-corrected chi connectivity index (χ1v) is 9.14. The SMILES string of the molecule is COc1ccccc1Nc1c(-c2ccc(C)cc2OC)nc2ccc(C)cn12. The zero-order valence-electron chi connectivity index (χ0n) is 16.5. The van der Waals surface area contributed by atoms with Crippen LogP contribution in [-0.2, 0) is 0 Å². The molecule has 0 saturated carbocycles. The Labute approximate surface area is 164 Å². The minimum atomic E-state index is 0.770. The summed E-state index contributed by atoms with van der Waals surface area (Å²) in [6.45, 7) is 4.12. The molecule has 0 fully saturated rings. The highest BCUT2D eigenvalue weighted by Gasteiger charge is 2.19. The van der Waals surface area contributed by atoms with E-state index in [9.17, 15) is 0 Å². The van der Waals surface area contributed by atoms with Gasteiger partial charge >= 0.3 is 0 Å². The fraction of sp³-hybridized carbons (Fsp3) is 0.174. The molecule has 5 nitrogen and oxygen atoms in total. The fourth-order valence-electron chi connectivity index (χ4n) is 3.33. The van der Waals surface area contributed by atoms with Crippen molar-refractivity contribution >= 4 is 17.2 Å². The Balaban J connectivity index is 1.96. The van der Waals surface area contributed by atoms with Crippen LogP contribution in [0.1, 0.15) is 11.1 Å². The lowest BCUT2D eigenvalue weighted by Gasteiger charge is -2.14. The first-order valence-electron chi connectivity index (χ1n) is 9.14. The van der Waals surface area contributed by atoms with Gasteiger partial charge in [0.1, 0.15) is 28.7 Å². The third-order valence-electron chi connectivity index (χ3n) is 4.74. The van der Waals surface area contributed by atoms with Crippen LogP contribution in [0.2, 0.25) is 0 Å². The van der Waals surface area contributed by atoms with Gasteiger partial charge in [0, 0.05) is 11.8 Å². The lowest BCUT2D eigenvalue weighted by molar-refractivity contribution is 0.416. The number of anilines is 2. The monoisotopic (exact) mass is 373 g/mol. The van der Waals surface area contributed by atoms with Crippen molar-refractivity contribution in [2.24, 2.45) is 0 Å². The molecule has 2 aromatic carbocycles. The normalized spacial score (nSPS) is 10.9. The standard InChI is InChI=1S/C23H23N3O2/c1-15-9-11-17(20(13-15)28-4)22-23(24-18-7-5-6-8-19(18)27-3)26-14-16(2)10-12-21(26)25-22/h5-14,24H,1-4H3. The maximum absolute atomic E-state index is 5.65. The van der Waals surface area contributed by atoms with Crippen molar-refractivity contribution in [2.45, 2.75) is 13.8 Å². The Kier molecular flexibility index (Phi) is 4.65. The predicted octanol–water partition coefficient (Wildman–Crippen LogP) is 5.38. The second kappa shape index (κ2) is 7.27. The summed E-state index contributed by atoms with van der Waals surface area (Å²) in [5, 5.41) is 3.53. The molecule has 2 aromatic heterocycles. The third kappa shape index (κ3) is 3.16. The van der Waals surface area contributed by atoms with Crippen LogP contribution in [0.3, 0.4) is 0 Å². The van der Waals surface area contributed by atoms with Crippen molar-refractivity contribution in [2.75, 3.05) is 19.5 Å². The first kappa shape index (κ1) is 17.9. The molecule has 0 spiro atoms. The predicted molar refractivity (Wildman–Crippen MR) is 113 cm³/mol. The Bertz CT molecular complexity index is 1150. The lowest BCUT2D eigenvalue weighted by atomic mass is 10.1. The molecule has 1 N–H and O–H groups in total. The van der Waals surface area contributed by atoms with Crippen molar-refractivity contribution in [3.05, 3.63) is 71.9 Å². The molecule has 0 bridgehead atoms. The minimum Gasteiger partial charge on any atom is -0.496 e. The number of nitrogens with zero attached hydrogens (tertiary/aromatic N) is 2. The molecule has 4 rings (SSSR count). The second-order valence-electron chi connectivity index (χ2n) is 6.77. The van der Waals surface area contributed by atoms with Gasteiger partial charge in [-0.1, -0.05) is 24.3 Å². The van der Waals surface area contributed by atoms with Gasteiger partial charge in [0.05, 0.1) is 19.9 Å². The van der Waals surface area contributed by atoms with Crippen LogP contribution in [-0.4, -0.2) is 23.6 Å². The van der Waals surface area contributed by atoms with Crippen molar-refractivity contribution < 1.29 is 9.47 Å². The molecule has 0 aliphatic heterocycles. The minimum absolute atomic E-state index is 0.770. The molecule has 5 heteroatoms. The summed E-state index contributed by atoms with van der Waals surface area (Å²) in [4.78, 5) is 4.89. The van der Waals surface area contributed by atoms with E-state index in [1.165, 1.54) is 0 Å². The number of fused-ring (bicyclic) bond motifs is 1. The number of imidazole rings is 1. The van der Waals surface area contributed by atoms with Crippen LogP contribution in [0.5, 0.6) is 11.5 Å². The third-order valence-corrected chi connectivity index (χ3v) is 4.74. The summed E-state index contributed by atoms with van der Waals surface area (Å²) in [7, 11) is 3.36. The van der Waals surface area contributed by atoms with Crippen LogP contribution in [0.15, 0.2) is 60.8 Å². The summed E-state index contributed by atoms with van der Waals surface area (Å²) in [6.07, 6.45) is 2.07. The number of pyridine rings is 1. The zero-order valence-corrected chi connectivity index (χ0v) is 16.5. The zero-order chi connectivity index (χ0) is 19.7. The summed E-state index contributed by atoms with van der Waals surface area (Å²) >= 11 is 0. The quantitative estimate of drug-likeness (QED) is 0.510. The molecular formula is C23H23N3O2. The number of methoxy groups -OCH3 is 2. The maximum atomic E-state index is 5.65. The highest BCUT2D eigenvalue weighted by molar-refractivity contribution is 5.84. The number of benzene rings is 2. The number of aromatic nitrogens is 2. The topological polar surface area (TPSA) is 47.8 Å². The van der Waals surface area contributed by atoms with Crippen LogP contribution >= 0.6 is 0 Å². The number of nitrogens with one attached hydrogen (secondary N) is 1. The maximum Gasteiger partial charge on any atom is 0.143 e. The van der Waals surface area contributed by atoms with Crippen molar-refractivity contribution in [3.8, 4) is 22.8 Å². The van der Waals surface area contributed by atoms with E-state index in [1.54, 1.807) is 14.2 Å². The molecule has 0 amide bonds. The molecule has 0 unspecified atom stereocenters. The summed E-state index contributed by atoms with van der Waals surface area (Å²) in [5.74, 6) is 2.43. The average Bonchev–Trinajstić information content (AvgIpc) is 3.05. The number of ether oxygens (including phenoxy) is 2. The van der Waals surface area contributed by atoms with Gasteiger partial charge < -0.3 is 14.8 Å². The van der Waals surface area contributed by atoms with Crippen LogP contribution in [0, 0.1) is 13.8 Å². The average molecular weight is 373 g/mol. The van der Waals surface area contributed by atoms with Crippen LogP contribution in [0.4, 0.5) is 11.5 Å². The van der Waals surface area contributed by atoms with Gasteiger partial charge in [0.25, 0.3) is 0 Å². The molecule has 0 saturated heterocycles. The van der Waals surface area contributed by atoms with Gasteiger partial charge in [-0.05, 0) is 55.3 Å². The number of para-hydroxylation sites is 2. The molecule has 0 aliphatic rings. The molecule has 28 heavy (non-hydrogen) atoms. The van der Waals surface area contributed by atoms with Crippen LogP contribution < -0.4 is 14.8 Å². The largest absolute Gasteiger partial charge is 0.496 e. The summed E-state index contributed by atoms with van der Waals surface area (Å²) < 4.78 is 13.2. The Morgan fingerprint density at radius 2 is 1.61 bits per heavy atom. The molecule has 0 atom stereocenters. The smallest absolute Gasteiger partial charge is 0.143 e. The van der Waals surface area contributed by atoms with E-state index in [4.69, 9.17) is 14.5 Å². The second-order valence-corrected chi connectivity index (χ2v) is 6.77. The van der Waals surface area contributed by atoms with Gasteiger partial charge in [-0.15, -0.1) is 0 Å². The summed E-state index contributed by atoms with van der Waals surface area (Å²) in [5.41, 5.74) is 5.79. The van der Waals surface area contributed by atoms with Crippen molar-refractivity contribution in [3.63, 3.8) is 0 Å². The first-order chi connectivity index (χ1) is 13.6. The number of hydrogen-bond acceptors (Lipinski definition) is 4. The van der Waals surface area contributed by atoms with E-state index in [0.717, 1.165) is 51.0 Å². The lowest BCUT2D eigenvalue weighted by Crippen LogP contribution is -2.00. The van der Waals surface area contributed by atoms with Gasteiger partial charge in [-0.3, -0.25) is 4.40 Å². The highest BCUT2D eigenvalue weighted by Crippen LogP contribution is 2.38. The Morgan fingerprint density at radius 1 is 0.857 bits per heavy atom. The molecule has 0 aliphatic carbocycles. The number of rotatable bonds is 5. The Morgan fingerprint density at radius 3 is 2.39 bits per heavy atom. The molecular weight excluding hydrogens is 350 g/mol. The molecule has 4 aromatic rings. The molecule has 142 valence electrons. The molecule has 2 heterocycles. The van der Waals surface area contributed by atoms with E-state index in [0.29, 0.717) is 0 Å². The van der Waals surface area contributed by atoms with E-state index in [2.05, 4.69) is 41.0 Å². The Hall–Kier alpha value is -3.47. The van der Waals surface area contributed by atoms with E-state index >= 15 is 0 Å². The highest BCUT2D eigenvalue weighted by atomic mass is 16.5. The molecule has 0 radical (unpaired) electrons. The van der Waals surface area contributed by atoms with Crippen molar-refractivity contribution in [1.29, 1.82) is 0 Å². The van der Waals surface area contributed by atoms with Gasteiger partial charge in [0.15, 0.2) is 0 Å².